The second kappa shape index (κ2) is 13.1. The summed E-state index contributed by atoms with van der Waals surface area (Å²) in [7, 11) is -4.58. The van der Waals surface area contributed by atoms with Gasteiger partial charge in [-0.2, -0.15) is 11.3 Å². The quantitative estimate of drug-likeness (QED) is 0.229. The van der Waals surface area contributed by atoms with E-state index in [9.17, 15) is 19.1 Å². The number of nitrogens with one attached hydrogen (secondary N) is 1. The van der Waals surface area contributed by atoms with Crippen LogP contribution in [-0.4, -0.2) is 41.0 Å². The normalized spacial score (nSPS) is 12.6. The van der Waals surface area contributed by atoms with E-state index in [0.29, 0.717) is 24.5 Å². The highest BCUT2D eigenvalue weighted by molar-refractivity contribution is 7.56. The first kappa shape index (κ1) is 26.5. The summed E-state index contributed by atoms with van der Waals surface area (Å²) in [5, 5.41) is 6.52. The van der Waals surface area contributed by atoms with Crippen LogP contribution < -0.4 is 14.8 Å². The molecule has 33 heavy (non-hydrogen) atoms. The molecule has 0 unspecified atom stereocenters. The molecule has 9 nitrogen and oxygen atoms in total. The van der Waals surface area contributed by atoms with Crippen molar-refractivity contribution < 1.29 is 28.6 Å². The zero-order chi connectivity index (χ0) is 24.3. The Morgan fingerprint density at radius 1 is 1.27 bits per heavy atom. The highest BCUT2D eigenvalue weighted by atomic mass is 32.1. The van der Waals surface area contributed by atoms with E-state index in [0.717, 1.165) is 19.0 Å². The Morgan fingerprint density at radius 3 is 2.67 bits per heavy atom. The summed E-state index contributed by atoms with van der Waals surface area (Å²) < 4.78 is 23.0. The fourth-order valence-electron chi connectivity index (χ4n) is 2.50. The molecule has 0 fully saturated rings. The number of nitrogens with zero attached hydrogens (tertiary/aromatic N) is 2. The molecule has 0 saturated heterocycles. The number of thiophene rings is 1. The van der Waals surface area contributed by atoms with Gasteiger partial charge < -0.3 is 24.6 Å². The molecule has 0 atom stereocenters. The maximum Gasteiger partial charge on any atom is 0.376 e. The number of benzene rings is 1. The number of hydrogen-bond acceptors (Lipinski definition) is 7. The SMILES string of the molecule is CC/C=N\C(=C/N=CNC(=O)c1cc(OCCc2ccsc2)cc(OC(C)C)c1)P(=O)(O)O. The lowest BCUT2D eigenvalue weighted by Gasteiger charge is -2.14. The van der Waals surface area contributed by atoms with Gasteiger partial charge in [-0.25, -0.2) is 4.99 Å². The molecular formula is C22H28N3O6PS. The number of hydrogen-bond donors (Lipinski definition) is 3. The first-order valence-corrected chi connectivity index (χ1v) is 12.8. The van der Waals surface area contributed by atoms with Gasteiger partial charge in [0.1, 0.15) is 11.5 Å². The molecule has 1 amide bonds. The minimum atomic E-state index is -4.58. The van der Waals surface area contributed by atoms with Crippen molar-refractivity contribution in [1.29, 1.82) is 0 Å². The second-order valence-electron chi connectivity index (χ2n) is 7.09. The topological polar surface area (TPSA) is 130 Å². The van der Waals surface area contributed by atoms with E-state index in [-0.39, 0.29) is 11.7 Å². The summed E-state index contributed by atoms with van der Waals surface area (Å²) >= 11 is 1.62. The summed E-state index contributed by atoms with van der Waals surface area (Å²) in [5.74, 6) is 0.486. The Hall–Kier alpha value is -2.78. The van der Waals surface area contributed by atoms with E-state index in [1.165, 1.54) is 11.8 Å². The van der Waals surface area contributed by atoms with E-state index in [1.807, 2.05) is 25.3 Å². The Balaban J connectivity index is 2.11. The molecule has 2 aromatic rings. The van der Waals surface area contributed by atoms with Gasteiger partial charge in [0, 0.05) is 24.3 Å². The monoisotopic (exact) mass is 493 g/mol. The van der Waals surface area contributed by atoms with Crippen LogP contribution in [0.5, 0.6) is 11.5 Å². The Kier molecular flexibility index (Phi) is 10.5. The maximum atomic E-state index is 12.6. The molecule has 2 rings (SSSR count). The van der Waals surface area contributed by atoms with Crippen molar-refractivity contribution in [3.05, 3.63) is 57.8 Å². The predicted octanol–water partition coefficient (Wildman–Crippen LogP) is 4.37. The number of aliphatic imine (C=N–C) groups is 2. The van der Waals surface area contributed by atoms with Crippen LogP contribution in [0.25, 0.3) is 0 Å². The standard InChI is InChI=1S/C22H28N3O6PS/c1-4-7-24-21(32(27,28)29)13-23-15-25-22(26)18-10-19(12-20(11-18)31-16(2)3)30-8-5-17-6-9-33-14-17/h6-7,9-16H,4-5,8H2,1-3H3,(H,23,25,26)(H2,27,28,29)/b21-13+,24-7-. The van der Waals surface area contributed by atoms with Crippen LogP contribution >= 0.6 is 18.9 Å². The first-order valence-electron chi connectivity index (χ1n) is 10.3. The lowest BCUT2D eigenvalue weighted by atomic mass is 10.2. The fraction of sp³-hybridized carbons (Fsp3) is 0.318. The van der Waals surface area contributed by atoms with Crippen LogP contribution in [0.3, 0.4) is 0 Å². The molecule has 0 radical (unpaired) electrons. The number of amides is 1. The lowest BCUT2D eigenvalue weighted by Crippen LogP contribution is -2.21. The third-order valence-corrected chi connectivity index (χ3v) is 5.48. The zero-order valence-corrected chi connectivity index (χ0v) is 20.4. The van der Waals surface area contributed by atoms with Gasteiger partial charge in [-0.3, -0.25) is 14.4 Å². The third kappa shape index (κ3) is 9.71. The van der Waals surface area contributed by atoms with Crippen molar-refractivity contribution in [2.75, 3.05) is 6.61 Å². The molecule has 1 heterocycles. The molecule has 0 saturated carbocycles. The Labute approximate surface area is 197 Å². The summed E-state index contributed by atoms with van der Waals surface area (Å²) in [6.07, 6.45) is 4.45. The van der Waals surface area contributed by atoms with Crippen LogP contribution in [0.1, 0.15) is 43.1 Å². The van der Waals surface area contributed by atoms with Gasteiger partial charge in [0.05, 0.1) is 25.2 Å². The molecule has 0 aliphatic rings. The molecule has 0 spiro atoms. The van der Waals surface area contributed by atoms with Crippen LogP contribution in [0.4, 0.5) is 0 Å². The van der Waals surface area contributed by atoms with Crippen molar-refractivity contribution in [3.63, 3.8) is 0 Å². The summed E-state index contributed by atoms with van der Waals surface area (Å²) in [6, 6.07) is 6.92. The van der Waals surface area contributed by atoms with Crippen molar-refractivity contribution in [3.8, 4) is 11.5 Å². The van der Waals surface area contributed by atoms with E-state index < -0.39 is 18.9 Å². The summed E-state index contributed by atoms with van der Waals surface area (Å²) in [6.45, 7) is 5.98. The van der Waals surface area contributed by atoms with E-state index in [4.69, 9.17) is 9.47 Å². The van der Waals surface area contributed by atoms with Crippen molar-refractivity contribution in [1.82, 2.24) is 5.32 Å². The molecule has 1 aromatic heterocycles. The van der Waals surface area contributed by atoms with E-state index in [2.05, 4.69) is 20.7 Å². The minimum absolute atomic E-state index is 0.0941. The smallest absolute Gasteiger partial charge is 0.376 e. The Bertz CT molecular complexity index is 1040. The average molecular weight is 494 g/mol. The van der Waals surface area contributed by atoms with Gasteiger partial charge in [0.25, 0.3) is 5.91 Å². The van der Waals surface area contributed by atoms with Crippen LogP contribution in [-0.2, 0) is 11.0 Å². The molecular weight excluding hydrogens is 465 g/mol. The molecule has 0 bridgehead atoms. The van der Waals surface area contributed by atoms with Crippen LogP contribution in [0.2, 0.25) is 0 Å². The minimum Gasteiger partial charge on any atom is -0.493 e. The Morgan fingerprint density at radius 2 is 2.03 bits per heavy atom. The van der Waals surface area contributed by atoms with Crippen LogP contribution in [0.15, 0.2) is 56.6 Å². The molecule has 0 aliphatic carbocycles. The average Bonchev–Trinajstić information content (AvgIpc) is 3.25. The highest BCUT2D eigenvalue weighted by Crippen LogP contribution is 2.45. The van der Waals surface area contributed by atoms with Gasteiger partial charge in [-0.1, -0.05) is 6.92 Å². The molecule has 11 heteroatoms. The fourth-order valence-corrected chi connectivity index (χ4v) is 3.65. The van der Waals surface area contributed by atoms with Gasteiger partial charge >= 0.3 is 7.60 Å². The van der Waals surface area contributed by atoms with Crippen LogP contribution in [0, 0.1) is 0 Å². The van der Waals surface area contributed by atoms with Crippen molar-refractivity contribution >= 4 is 37.4 Å². The molecule has 178 valence electrons. The van der Waals surface area contributed by atoms with E-state index >= 15 is 0 Å². The largest absolute Gasteiger partial charge is 0.493 e. The zero-order valence-electron chi connectivity index (χ0n) is 18.7. The van der Waals surface area contributed by atoms with Gasteiger partial charge in [0.15, 0.2) is 5.44 Å². The number of ether oxygens (including phenoxy) is 2. The second-order valence-corrected chi connectivity index (χ2v) is 9.42. The van der Waals surface area contributed by atoms with Gasteiger partial charge in [0.2, 0.25) is 0 Å². The first-order chi connectivity index (χ1) is 15.7. The maximum absolute atomic E-state index is 12.6. The molecule has 0 aliphatic heterocycles. The predicted molar refractivity (Wildman–Crippen MR) is 131 cm³/mol. The van der Waals surface area contributed by atoms with Crippen molar-refractivity contribution in [2.45, 2.75) is 39.7 Å². The number of rotatable bonds is 12. The number of carbonyl (C=O) groups excluding carboxylic acids is 1. The third-order valence-electron chi connectivity index (χ3n) is 3.92. The molecule has 3 N–H and O–H groups in total. The summed E-state index contributed by atoms with van der Waals surface area (Å²) in [5.41, 5.74) is 0.964. The summed E-state index contributed by atoms with van der Waals surface area (Å²) in [4.78, 5) is 38.6. The van der Waals surface area contributed by atoms with Gasteiger partial charge in [-0.05, 0) is 54.8 Å². The molecule has 1 aromatic carbocycles. The number of carbonyl (C=O) groups is 1. The van der Waals surface area contributed by atoms with E-state index in [1.54, 1.807) is 36.5 Å². The van der Waals surface area contributed by atoms with Crippen molar-refractivity contribution in [2.24, 2.45) is 9.98 Å². The van der Waals surface area contributed by atoms with Gasteiger partial charge in [-0.15, -0.1) is 0 Å². The highest BCUT2D eigenvalue weighted by Gasteiger charge is 2.19. The lowest BCUT2D eigenvalue weighted by molar-refractivity contribution is 0.0977.